The fourth-order valence-electron chi connectivity index (χ4n) is 3.31. The largest absolute Gasteiger partial charge is 0.459 e. The Morgan fingerprint density at radius 1 is 1.38 bits per heavy atom. The number of nitrogen functional groups attached to an aromatic ring is 1. The zero-order chi connectivity index (χ0) is 14.9. The van der Waals surface area contributed by atoms with Gasteiger partial charge in [-0.3, -0.25) is 0 Å². The van der Waals surface area contributed by atoms with Crippen molar-refractivity contribution < 1.29 is 18.7 Å². The number of hydrogen-bond acceptors (Lipinski definition) is 4. The molecule has 1 saturated carbocycles. The lowest BCUT2D eigenvalue weighted by atomic mass is 9.98. The number of carbonyl (C=O) groups excluding carboxylic acids is 1. The topological polar surface area (TPSA) is 61.6 Å². The maximum absolute atomic E-state index is 13.3. The minimum Gasteiger partial charge on any atom is -0.459 e. The van der Waals surface area contributed by atoms with Crippen LogP contribution < -0.4 is 5.73 Å². The van der Waals surface area contributed by atoms with Crippen molar-refractivity contribution in [2.45, 2.75) is 50.2 Å². The molecule has 1 unspecified atom stereocenters. The summed E-state index contributed by atoms with van der Waals surface area (Å²) in [6.07, 6.45) is 6.59. The van der Waals surface area contributed by atoms with Gasteiger partial charge in [0.2, 0.25) is 0 Å². The molecule has 1 aliphatic carbocycles. The molecule has 0 amide bonds. The Balaban J connectivity index is 1.53. The maximum atomic E-state index is 13.3. The van der Waals surface area contributed by atoms with Gasteiger partial charge >= 0.3 is 5.97 Å². The Morgan fingerprint density at radius 3 is 2.86 bits per heavy atom. The second-order valence-corrected chi connectivity index (χ2v) is 6.00. The van der Waals surface area contributed by atoms with E-state index in [-0.39, 0.29) is 29.6 Å². The summed E-state index contributed by atoms with van der Waals surface area (Å²) in [7, 11) is 0. The van der Waals surface area contributed by atoms with Crippen LogP contribution in [0.25, 0.3) is 0 Å². The molecular formula is C16H20FNO3. The summed E-state index contributed by atoms with van der Waals surface area (Å²) in [5.41, 5.74) is 5.61. The second kappa shape index (κ2) is 5.64. The summed E-state index contributed by atoms with van der Waals surface area (Å²) in [6.45, 7) is 0.229. The molecule has 1 saturated heterocycles. The molecule has 21 heavy (non-hydrogen) atoms. The van der Waals surface area contributed by atoms with E-state index in [2.05, 4.69) is 0 Å². The van der Waals surface area contributed by atoms with Crippen molar-refractivity contribution in [2.75, 3.05) is 12.3 Å². The molecule has 4 nitrogen and oxygen atoms in total. The van der Waals surface area contributed by atoms with E-state index in [1.54, 1.807) is 0 Å². The highest BCUT2D eigenvalue weighted by Crippen LogP contribution is 2.43. The highest BCUT2D eigenvalue weighted by Gasteiger charge is 2.42. The van der Waals surface area contributed by atoms with Crippen molar-refractivity contribution in [1.82, 2.24) is 0 Å². The monoisotopic (exact) mass is 293 g/mol. The molecule has 114 valence electrons. The third-order valence-electron chi connectivity index (χ3n) is 4.49. The Bertz CT molecular complexity index is 540. The molecule has 1 aliphatic heterocycles. The van der Waals surface area contributed by atoms with Gasteiger partial charge in [-0.05, 0) is 43.9 Å². The maximum Gasteiger partial charge on any atom is 0.338 e. The second-order valence-electron chi connectivity index (χ2n) is 6.00. The van der Waals surface area contributed by atoms with Crippen LogP contribution in [0.5, 0.6) is 0 Å². The zero-order valence-electron chi connectivity index (χ0n) is 11.9. The van der Waals surface area contributed by atoms with Crippen LogP contribution in [0.15, 0.2) is 18.2 Å². The van der Waals surface area contributed by atoms with Crippen LogP contribution in [-0.4, -0.2) is 24.3 Å². The van der Waals surface area contributed by atoms with Crippen LogP contribution in [0.1, 0.15) is 48.9 Å². The van der Waals surface area contributed by atoms with Gasteiger partial charge in [0.15, 0.2) is 0 Å². The van der Waals surface area contributed by atoms with Crippen LogP contribution in [0.4, 0.5) is 10.1 Å². The molecule has 1 atom stereocenters. The Kier molecular flexibility index (Phi) is 3.85. The van der Waals surface area contributed by atoms with E-state index >= 15 is 0 Å². The van der Waals surface area contributed by atoms with Crippen LogP contribution >= 0.6 is 0 Å². The van der Waals surface area contributed by atoms with Crippen molar-refractivity contribution in [1.29, 1.82) is 0 Å². The Hall–Kier alpha value is -1.62. The summed E-state index contributed by atoms with van der Waals surface area (Å²) >= 11 is 0. The smallest absolute Gasteiger partial charge is 0.338 e. The van der Waals surface area contributed by atoms with Gasteiger partial charge in [-0.25, -0.2) is 9.18 Å². The molecule has 1 aromatic carbocycles. The van der Waals surface area contributed by atoms with Gasteiger partial charge < -0.3 is 15.2 Å². The van der Waals surface area contributed by atoms with E-state index in [0.717, 1.165) is 31.7 Å². The quantitative estimate of drug-likeness (QED) is 0.687. The van der Waals surface area contributed by atoms with Crippen LogP contribution in [0, 0.1) is 5.82 Å². The summed E-state index contributed by atoms with van der Waals surface area (Å²) < 4.78 is 24.6. The SMILES string of the molecule is Nc1ccc(C(=O)OCC2CCC3(CCCC3)O2)cc1F. The number of hydrogen-bond donors (Lipinski definition) is 1. The number of esters is 1. The summed E-state index contributed by atoms with van der Waals surface area (Å²) in [6, 6.07) is 3.94. The molecule has 1 spiro atoms. The van der Waals surface area contributed by atoms with Crippen molar-refractivity contribution in [2.24, 2.45) is 0 Å². The molecular weight excluding hydrogens is 273 g/mol. The van der Waals surface area contributed by atoms with E-state index in [4.69, 9.17) is 15.2 Å². The lowest BCUT2D eigenvalue weighted by Gasteiger charge is -2.23. The van der Waals surface area contributed by atoms with Crippen molar-refractivity contribution in [3.63, 3.8) is 0 Å². The van der Waals surface area contributed by atoms with Crippen LogP contribution in [-0.2, 0) is 9.47 Å². The normalized spacial score (nSPS) is 23.6. The lowest BCUT2D eigenvalue weighted by molar-refractivity contribution is -0.0598. The number of halogens is 1. The number of ether oxygens (including phenoxy) is 2. The molecule has 0 aromatic heterocycles. The van der Waals surface area contributed by atoms with Gasteiger partial charge in [-0.2, -0.15) is 0 Å². The summed E-state index contributed by atoms with van der Waals surface area (Å²) in [5.74, 6) is -1.14. The number of rotatable bonds is 3. The zero-order valence-corrected chi connectivity index (χ0v) is 11.9. The van der Waals surface area contributed by atoms with Gasteiger partial charge in [0.05, 0.1) is 23.0 Å². The van der Waals surface area contributed by atoms with E-state index in [1.165, 1.54) is 25.0 Å². The average Bonchev–Trinajstić information content (AvgIpc) is 3.10. The Morgan fingerprint density at radius 2 is 2.14 bits per heavy atom. The molecule has 0 bridgehead atoms. The number of anilines is 1. The molecule has 1 aromatic rings. The summed E-state index contributed by atoms with van der Waals surface area (Å²) in [4.78, 5) is 11.9. The van der Waals surface area contributed by atoms with Crippen molar-refractivity contribution in [3.05, 3.63) is 29.6 Å². The number of carbonyl (C=O) groups is 1. The lowest BCUT2D eigenvalue weighted by Crippen LogP contribution is -2.27. The average molecular weight is 293 g/mol. The van der Waals surface area contributed by atoms with Gasteiger partial charge in [0.25, 0.3) is 0 Å². The highest BCUT2D eigenvalue weighted by atomic mass is 19.1. The fourth-order valence-corrected chi connectivity index (χ4v) is 3.31. The number of nitrogens with two attached hydrogens (primary N) is 1. The molecule has 2 fully saturated rings. The van der Waals surface area contributed by atoms with E-state index in [1.807, 2.05) is 0 Å². The minimum atomic E-state index is -0.605. The van der Waals surface area contributed by atoms with Crippen molar-refractivity contribution in [3.8, 4) is 0 Å². The van der Waals surface area contributed by atoms with Crippen LogP contribution in [0.2, 0.25) is 0 Å². The minimum absolute atomic E-state index is 0.0221. The first kappa shape index (κ1) is 14.3. The molecule has 1 heterocycles. The van der Waals surface area contributed by atoms with Crippen molar-refractivity contribution >= 4 is 11.7 Å². The predicted octanol–water partition coefficient (Wildman–Crippen LogP) is 3.06. The standard InChI is InChI=1S/C16H20FNO3/c17-13-9-11(3-4-14(13)18)15(19)20-10-12-5-8-16(21-12)6-1-2-7-16/h3-4,9,12H,1-2,5-8,10,18H2. The Labute approximate surface area is 123 Å². The van der Waals surface area contributed by atoms with Gasteiger partial charge in [-0.15, -0.1) is 0 Å². The third-order valence-corrected chi connectivity index (χ3v) is 4.49. The highest BCUT2D eigenvalue weighted by molar-refractivity contribution is 5.89. The first-order valence-corrected chi connectivity index (χ1v) is 7.48. The predicted molar refractivity (Wildman–Crippen MR) is 76.4 cm³/mol. The molecule has 5 heteroatoms. The molecule has 2 N–H and O–H groups in total. The van der Waals surface area contributed by atoms with Gasteiger partial charge in [0, 0.05) is 0 Å². The van der Waals surface area contributed by atoms with Gasteiger partial charge in [0.1, 0.15) is 12.4 Å². The summed E-state index contributed by atoms with van der Waals surface area (Å²) in [5, 5.41) is 0. The number of benzene rings is 1. The fraction of sp³-hybridized carbons (Fsp3) is 0.562. The third kappa shape index (κ3) is 3.02. The van der Waals surface area contributed by atoms with E-state index in [0.29, 0.717) is 0 Å². The van der Waals surface area contributed by atoms with Crippen LogP contribution in [0.3, 0.4) is 0 Å². The molecule has 2 aliphatic rings. The molecule has 3 rings (SSSR count). The van der Waals surface area contributed by atoms with E-state index < -0.39 is 11.8 Å². The van der Waals surface area contributed by atoms with Gasteiger partial charge in [-0.1, -0.05) is 12.8 Å². The first-order chi connectivity index (χ1) is 10.1. The van der Waals surface area contributed by atoms with E-state index in [9.17, 15) is 9.18 Å². The molecule has 0 radical (unpaired) electrons. The first-order valence-electron chi connectivity index (χ1n) is 7.48.